The molecule has 3 aromatic rings. The highest BCUT2D eigenvalue weighted by Crippen LogP contribution is 2.12. The number of urea groups is 1. The van der Waals surface area contributed by atoms with E-state index in [-0.39, 0.29) is 11.6 Å². The van der Waals surface area contributed by atoms with E-state index in [9.17, 15) is 9.59 Å². The molecule has 0 atom stereocenters. The molecule has 1 fully saturated rings. The van der Waals surface area contributed by atoms with Crippen LogP contribution in [0.2, 0.25) is 0 Å². The van der Waals surface area contributed by atoms with Crippen LogP contribution in [0.5, 0.6) is 0 Å². The molecule has 3 aromatic heterocycles. The zero-order chi connectivity index (χ0) is 21.1. The maximum Gasteiger partial charge on any atom is 0.323 e. The number of carbonyl (C=O) groups excluding carboxylic acids is 1. The van der Waals surface area contributed by atoms with Crippen LogP contribution in [0.1, 0.15) is 11.4 Å². The van der Waals surface area contributed by atoms with Crippen molar-refractivity contribution in [2.75, 3.05) is 38.0 Å². The van der Waals surface area contributed by atoms with Gasteiger partial charge in [0.2, 0.25) is 0 Å². The molecule has 0 unspecified atom stereocenters. The van der Waals surface area contributed by atoms with Gasteiger partial charge in [-0.15, -0.1) is 16.4 Å². The van der Waals surface area contributed by atoms with E-state index in [1.165, 1.54) is 22.1 Å². The van der Waals surface area contributed by atoms with Gasteiger partial charge in [-0.1, -0.05) is 0 Å². The van der Waals surface area contributed by atoms with Crippen LogP contribution in [0.4, 0.5) is 9.93 Å². The fraction of sp³-hybridized carbons (Fsp3) is 0.421. The van der Waals surface area contributed by atoms with Crippen molar-refractivity contribution < 1.29 is 4.79 Å². The number of aromatic nitrogens is 5. The lowest BCUT2D eigenvalue weighted by molar-refractivity contribution is 0.143. The number of nitrogens with zero attached hydrogens (tertiary/aromatic N) is 7. The molecule has 1 aliphatic rings. The Morgan fingerprint density at radius 2 is 1.93 bits per heavy atom. The smallest absolute Gasteiger partial charge is 0.322 e. The van der Waals surface area contributed by atoms with Crippen molar-refractivity contribution in [3.8, 4) is 5.82 Å². The average molecular weight is 429 g/mol. The van der Waals surface area contributed by atoms with E-state index in [2.05, 4.69) is 25.4 Å². The molecule has 158 valence electrons. The van der Waals surface area contributed by atoms with Crippen molar-refractivity contribution in [2.24, 2.45) is 0 Å². The molecule has 0 saturated carbocycles. The van der Waals surface area contributed by atoms with E-state index in [0.717, 1.165) is 24.5 Å². The number of hydrogen-bond acceptors (Lipinski definition) is 7. The normalized spacial score (nSPS) is 14.8. The van der Waals surface area contributed by atoms with Crippen LogP contribution in [-0.2, 0) is 6.54 Å². The number of rotatable bonds is 5. The molecule has 0 spiro atoms. The molecule has 1 saturated heterocycles. The summed E-state index contributed by atoms with van der Waals surface area (Å²) in [6.45, 7) is 7.81. The van der Waals surface area contributed by atoms with Crippen molar-refractivity contribution in [3.05, 3.63) is 51.5 Å². The summed E-state index contributed by atoms with van der Waals surface area (Å²) in [6, 6.07) is 5.07. The number of piperazine rings is 1. The lowest BCUT2D eigenvalue weighted by Crippen LogP contribution is -2.50. The molecule has 4 rings (SSSR count). The third kappa shape index (κ3) is 4.57. The predicted molar refractivity (Wildman–Crippen MR) is 114 cm³/mol. The molecule has 10 nitrogen and oxygen atoms in total. The molecule has 11 heteroatoms. The number of anilines is 1. The SMILES string of the molecule is Cc1cc(C)n(-c2ccc(=O)n(CCN3CCN(C(=O)Nc4nccs4)CC3)n2)n1. The fourth-order valence-corrected chi connectivity index (χ4v) is 3.96. The van der Waals surface area contributed by atoms with Gasteiger partial charge in [0.1, 0.15) is 0 Å². The highest BCUT2D eigenvalue weighted by atomic mass is 32.1. The van der Waals surface area contributed by atoms with Gasteiger partial charge in [0, 0.05) is 56.1 Å². The molecular formula is C19H24N8O2S. The lowest BCUT2D eigenvalue weighted by Gasteiger charge is -2.34. The minimum absolute atomic E-state index is 0.125. The topological polar surface area (TPSA) is 101 Å². The number of aryl methyl sites for hydroxylation is 2. The molecule has 0 bridgehead atoms. The average Bonchev–Trinajstić information content (AvgIpc) is 3.36. The fourth-order valence-electron chi connectivity index (χ4n) is 3.44. The summed E-state index contributed by atoms with van der Waals surface area (Å²) < 4.78 is 3.22. The van der Waals surface area contributed by atoms with Crippen molar-refractivity contribution in [2.45, 2.75) is 20.4 Å². The summed E-state index contributed by atoms with van der Waals surface area (Å²) in [5.41, 5.74) is 1.74. The van der Waals surface area contributed by atoms with Crippen molar-refractivity contribution >= 4 is 22.5 Å². The van der Waals surface area contributed by atoms with E-state index in [1.807, 2.05) is 25.3 Å². The largest absolute Gasteiger partial charge is 0.323 e. The Balaban J connectivity index is 1.32. The Bertz CT molecular complexity index is 1070. The zero-order valence-electron chi connectivity index (χ0n) is 17.0. The summed E-state index contributed by atoms with van der Waals surface area (Å²) in [6.07, 6.45) is 1.66. The Morgan fingerprint density at radius 1 is 1.13 bits per heavy atom. The number of hydrogen-bond donors (Lipinski definition) is 1. The number of amides is 2. The Labute approximate surface area is 177 Å². The van der Waals surface area contributed by atoms with Gasteiger partial charge in [-0.2, -0.15) is 5.10 Å². The minimum atomic E-state index is -0.137. The first-order valence-corrected chi connectivity index (χ1v) is 10.7. The third-order valence-electron chi connectivity index (χ3n) is 5.01. The van der Waals surface area contributed by atoms with Crippen molar-refractivity contribution in [1.29, 1.82) is 0 Å². The van der Waals surface area contributed by atoms with Crippen LogP contribution < -0.4 is 10.9 Å². The second-order valence-corrected chi connectivity index (χ2v) is 8.08. The number of carbonyl (C=O) groups is 1. The summed E-state index contributed by atoms with van der Waals surface area (Å²) in [5, 5.41) is 14.2. The van der Waals surface area contributed by atoms with E-state index < -0.39 is 0 Å². The first-order valence-electron chi connectivity index (χ1n) is 9.79. The Kier molecular flexibility index (Phi) is 5.91. The summed E-state index contributed by atoms with van der Waals surface area (Å²) in [4.78, 5) is 32.6. The van der Waals surface area contributed by atoms with Gasteiger partial charge < -0.3 is 4.90 Å². The van der Waals surface area contributed by atoms with Crippen molar-refractivity contribution in [1.82, 2.24) is 34.3 Å². The number of nitrogens with one attached hydrogen (secondary N) is 1. The van der Waals surface area contributed by atoms with Crippen LogP contribution in [0.25, 0.3) is 5.82 Å². The second kappa shape index (κ2) is 8.76. The van der Waals surface area contributed by atoms with E-state index >= 15 is 0 Å². The highest BCUT2D eigenvalue weighted by molar-refractivity contribution is 7.13. The van der Waals surface area contributed by atoms with Gasteiger partial charge in [-0.05, 0) is 26.0 Å². The summed E-state index contributed by atoms with van der Waals surface area (Å²) in [5.74, 6) is 0.629. The van der Waals surface area contributed by atoms with Crippen LogP contribution in [-0.4, -0.2) is 73.1 Å². The molecule has 4 heterocycles. The van der Waals surface area contributed by atoms with Crippen molar-refractivity contribution in [3.63, 3.8) is 0 Å². The summed E-state index contributed by atoms with van der Waals surface area (Å²) >= 11 is 1.40. The standard InChI is InChI=1S/C19H24N8O2S/c1-14-13-15(2)27(22-14)16-3-4-17(28)26(23-16)11-8-24-6-9-25(10-7-24)19(29)21-18-20-5-12-30-18/h3-5,12-13H,6-11H2,1-2H3,(H,20,21,29). The first-order chi connectivity index (χ1) is 14.5. The monoisotopic (exact) mass is 428 g/mol. The van der Waals surface area contributed by atoms with Gasteiger partial charge in [0.25, 0.3) is 5.56 Å². The van der Waals surface area contributed by atoms with E-state index in [1.54, 1.807) is 21.8 Å². The molecule has 1 N–H and O–H groups in total. The van der Waals surface area contributed by atoms with Gasteiger partial charge in [0.15, 0.2) is 10.9 Å². The van der Waals surface area contributed by atoms with Gasteiger partial charge in [0.05, 0.1) is 12.2 Å². The van der Waals surface area contributed by atoms with Crippen LogP contribution >= 0.6 is 11.3 Å². The maximum absolute atomic E-state index is 12.3. The Hall–Kier alpha value is -3.05. The highest BCUT2D eigenvalue weighted by Gasteiger charge is 2.21. The van der Waals surface area contributed by atoms with Crippen LogP contribution in [0, 0.1) is 13.8 Å². The quantitative estimate of drug-likeness (QED) is 0.658. The first kappa shape index (κ1) is 20.2. The van der Waals surface area contributed by atoms with Crippen LogP contribution in [0.15, 0.2) is 34.6 Å². The van der Waals surface area contributed by atoms with E-state index in [4.69, 9.17) is 0 Å². The van der Waals surface area contributed by atoms with E-state index in [0.29, 0.717) is 37.1 Å². The van der Waals surface area contributed by atoms with Crippen LogP contribution in [0.3, 0.4) is 0 Å². The van der Waals surface area contributed by atoms with Gasteiger partial charge >= 0.3 is 6.03 Å². The summed E-state index contributed by atoms with van der Waals surface area (Å²) in [7, 11) is 0. The molecular weight excluding hydrogens is 404 g/mol. The maximum atomic E-state index is 12.3. The molecule has 1 aliphatic heterocycles. The third-order valence-corrected chi connectivity index (χ3v) is 5.70. The lowest BCUT2D eigenvalue weighted by atomic mass is 10.3. The molecule has 2 amide bonds. The van der Waals surface area contributed by atoms with Gasteiger partial charge in [-0.3, -0.25) is 15.0 Å². The molecule has 0 radical (unpaired) electrons. The zero-order valence-corrected chi connectivity index (χ0v) is 17.8. The molecule has 0 aliphatic carbocycles. The molecule has 0 aromatic carbocycles. The second-order valence-electron chi connectivity index (χ2n) is 7.19. The molecule has 30 heavy (non-hydrogen) atoms. The predicted octanol–water partition coefficient (Wildman–Crippen LogP) is 1.35. The van der Waals surface area contributed by atoms with Gasteiger partial charge in [-0.25, -0.2) is 19.1 Å². The minimum Gasteiger partial charge on any atom is -0.322 e. The Morgan fingerprint density at radius 3 is 2.60 bits per heavy atom. The number of thiazole rings is 1.